The lowest BCUT2D eigenvalue weighted by Crippen LogP contribution is -2.33. The van der Waals surface area contributed by atoms with Gasteiger partial charge in [0.1, 0.15) is 18.0 Å². The summed E-state index contributed by atoms with van der Waals surface area (Å²) in [6, 6.07) is 10.9. The van der Waals surface area contributed by atoms with Crippen molar-refractivity contribution >= 4 is 11.7 Å². The van der Waals surface area contributed by atoms with E-state index in [9.17, 15) is 9.18 Å². The number of benzene rings is 2. The molecule has 1 aliphatic rings. The number of rotatable bonds is 6. The number of ether oxygens (including phenoxy) is 3. The van der Waals surface area contributed by atoms with Gasteiger partial charge in [0.15, 0.2) is 11.5 Å². The molecule has 0 aromatic heterocycles. The minimum absolute atomic E-state index is 0.158. The van der Waals surface area contributed by atoms with Gasteiger partial charge in [0, 0.05) is 0 Å². The first-order valence-electron chi connectivity index (χ1n) is 8.26. The van der Waals surface area contributed by atoms with E-state index in [2.05, 4.69) is 5.48 Å². The first-order chi connectivity index (χ1) is 12.9. The lowest BCUT2D eigenvalue weighted by Gasteiger charge is -2.21. The highest BCUT2D eigenvalue weighted by Crippen LogP contribution is 2.31. The van der Waals surface area contributed by atoms with Gasteiger partial charge in [-0.25, -0.2) is 9.18 Å². The molecule has 0 saturated carbocycles. The van der Waals surface area contributed by atoms with Crippen LogP contribution >= 0.6 is 0 Å². The Hall–Kier alpha value is -3.06. The van der Waals surface area contributed by atoms with E-state index in [4.69, 9.17) is 19.0 Å². The Morgan fingerprint density at radius 3 is 2.56 bits per heavy atom. The average molecular weight is 373 g/mol. The maximum atomic E-state index is 13.1. The largest absolute Gasteiger partial charge is 0.493 e. The molecule has 1 unspecified atom stereocenters. The highest BCUT2D eigenvalue weighted by molar-refractivity contribution is 5.90. The predicted octanol–water partition coefficient (Wildman–Crippen LogP) is 3.33. The van der Waals surface area contributed by atoms with Gasteiger partial charge in [-0.05, 0) is 61.0 Å². The fraction of sp³-hybridized carbons (Fsp3) is 0.250. The van der Waals surface area contributed by atoms with Crippen LogP contribution in [-0.2, 0) is 9.57 Å². The minimum atomic E-state index is -0.768. The maximum absolute atomic E-state index is 13.1. The van der Waals surface area contributed by atoms with E-state index < -0.39 is 11.6 Å². The number of hydroxylamine groups is 1. The molecule has 0 fully saturated rings. The van der Waals surface area contributed by atoms with E-state index >= 15 is 0 Å². The predicted molar refractivity (Wildman–Crippen MR) is 96.8 cm³/mol. The van der Waals surface area contributed by atoms with E-state index in [0.29, 0.717) is 17.1 Å². The van der Waals surface area contributed by atoms with Crippen LogP contribution in [0.5, 0.6) is 11.5 Å². The van der Waals surface area contributed by atoms with Crippen molar-refractivity contribution < 1.29 is 28.2 Å². The summed E-state index contributed by atoms with van der Waals surface area (Å²) >= 11 is 0. The number of nitrogens with one attached hydrogen (secondary N) is 1. The van der Waals surface area contributed by atoms with Crippen LogP contribution in [0.3, 0.4) is 0 Å². The SMILES string of the molecule is COC(=O)c1ccc(OC)c(OCC2(C)C=C(c3ccc(F)cc3)NO2)c1. The van der Waals surface area contributed by atoms with E-state index in [1.165, 1.54) is 26.4 Å². The summed E-state index contributed by atoms with van der Waals surface area (Å²) in [5.74, 6) is 0.113. The van der Waals surface area contributed by atoms with Gasteiger partial charge in [-0.2, -0.15) is 0 Å². The van der Waals surface area contributed by atoms with Gasteiger partial charge in [-0.15, -0.1) is 0 Å². The van der Waals surface area contributed by atoms with Crippen molar-refractivity contribution in [1.82, 2.24) is 5.48 Å². The minimum Gasteiger partial charge on any atom is -0.493 e. The molecule has 142 valence electrons. The molecule has 7 heteroatoms. The number of methoxy groups -OCH3 is 2. The summed E-state index contributed by atoms with van der Waals surface area (Å²) in [5.41, 5.74) is 3.94. The molecule has 2 aromatic carbocycles. The molecule has 3 rings (SSSR count). The Morgan fingerprint density at radius 2 is 1.89 bits per heavy atom. The molecule has 0 bridgehead atoms. The molecule has 0 amide bonds. The van der Waals surface area contributed by atoms with Crippen LogP contribution in [0.4, 0.5) is 4.39 Å². The Bertz CT molecular complexity index is 865. The van der Waals surface area contributed by atoms with E-state index in [1.807, 2.05) is 13.0 Å². The number of carbonyl (C=O) groups excluding carboxylic acids is 1. The quantitative estimate of drug-likeness (QED) is 0.784. The average Bonchev–Trinajstić information content (AvgIpc) is 3.08. The molecule has 0 radical (unpaired) electrons. The molecular weight excluding hydrogens is 353 g/mol. The lowest BCUT2D eigenvalue weighted by atomic mass is 10.0. The van der Waals surface area contributed by atoms with Crippen LogP contribution < -0.4 is 15.0 Å². The van der Waals surface area contributed by atoms with Gasteiger partial charge in [0.05, 0.1) is 25.5 Å². The molecule has 1 heterocycles. The van der Waals surface area contributed by atoms with Gasteiger partial charge in [0.2, 0.25) is 0 Å². The van der Waals surface area contributed by atoms with E-state index in [0.717, 1.165) is 11.3 Å². The molecule has 1 aliphatic heterocycles. The van der Waals surface area contributed by atoms with Crippen molar-refractivity contribution in [3.63, 3.8) is 0 Å². The zero-order valence-electron chi connectivity index (χ0n) is 15.2. The van der Waals surface area contributed by atoms with Gasteiger partial charge in [-0.3, -0.25) is 10.3 Å². The molecule has 0 aliphatic carbocycles. The first kappa shape index (κ1) is 18.7. The van der Waals surface area contributed by atoms with Gasteiger partial charge in [-0.1, -0.05) is 0 Å². The first-order valence-corrected chi connectivity index (χ1v) is 8.26. The Balaban J connectivity index is 1.76. The normalized spacial score (nSPS) is 18.4. The number of esters is 1. The Labute approximate surface area is 156 Å². The summed E-state index contributed by atoms with van der Waals surface area (Å²) in [6.07, 6.45) is 1.86. The van der Waals surface area contributed by atoms with Crippen LogP contribution in [0, 0.1) is 5.82 Å². The third-order valence-electron chi connectivity index (χ3n) is 4.10. The van der Waals surface area contributed by atoms with Gasteiger partial charge >= 0.3 is 5.97 Å². The maximum Gasteiger partial charge on any atom is 0.337 e. The number of halogens is 1. The smallest absolute Gasteiger partial charge is 0.337 e. The molecule has 1 N–H and O–H groups in total. The van der Waals surface area contributed by atoms with Crippen molar-refractivity contribution in [2.24, 2.45) is 0 Å². The fourth-order valence-corrected chi connectivity index (χ4v) is 2.63. The third kappa shape index (κ3) is 4.20. The third-order valence-corrected chi connectivity index (χ3v) is 4.10. The van der Waals surface area contributed by atoms with Crippen LogP contribution in [0.1, 0.15) is 22.8 Å². The number of hydrogen-bond donors (Lipinski definition) is 1. The fourth-order valence-electron chi connectivity index (χ4n) is 2.63. The standard InChI is InChI=1S/C20H20FNO5/c1-20(11-16(22-27-20)13-4-7-15(21)8-5-13)12-26-18-10-14(19(23)25-3)6-9-17(18)24-2/h4-11,22H,12H2,1-3H3. The van der Waals surface area contributed by atoms with Crippen molar-refractivity contribution in [3.05, 3.63) is 65.5 Å². The van der Waals surface area contributed by atoms with Crippen molar-refractivity contribution in [2.75, 3.05) is 20.8 Å². The Morgan fingerprint density at radius 1 is 1.15 bits per heavy atom. The van der Waals surface area contributed by atoms with Crippen LogP contribution in [-0.4, -0.2) is 32.4 Å². The van der Waals surface area contributed by atoms with Gasteiger partial charge in [0.25, 0.3) is 0 Å². The monoisotopic (exact) mass is 373 g/mol. The highest BCUT2D eigenvalue weighted by atomic mass is 19.1. The summed E-state index contributed by atoms with van der Waals surface area (Å²) < 4.78 is 28.9. The van der Waals surface area contributed by atoms with Crippen molar-refractivity contribution in [2.45, 2.75) is 12.5 Å². The zero-order chi connectivity index (χ0) is 19.4. The molecule has 1 atom stereocenters. The molecule has 27 heavy (non-hydrogen) atoms. The van der Waals surface area contributed by atoms with Crippen LogP contribution in [0.15, 0.2) is 48.5 Å². The van der Waals surface area contributed by atoms with Crippen molar-refractivity contribution in [3.8, 4) is 11.5 Å². The summed E-state index contributed by atoms with van der Waals surface area (Å²) in [7, 11) is 2.83. The zero-order valence-corrected chi connectivity index (χ0v) is 15.2. The van der Waals surface area contributed by atoms with Crippen LogP contribution in [0.2, 0.25) is 0 Å². The molecular formula is C20H20FNO5. The van der Waals surface area contributed by atoms with E-state index in [1.54, 1.807) is 30.3 Å². The second-order valence-corrected chi connectivity index (χ2v) is 6.23. The number of carbonyl (C=O) groups is 1. The highest BCUT2D eigenvalue weighted by Gasteiger charge is 2.32. The molecule has 2 aromatic rings. The number of hydrogen-bond acceptors (Lipinski definition) is 6. The van der Waals surface area contributed by atoms with Gasteiger partial charge < -0.3 is 14.2 Å². The van der Waals surface area contributed by atoms with Crippen molar-refractivity contribution in [1.29, 1.82) is 0 Å². The second-order valence-electron chi connectivity index (χ2n) is 6.23. The summed E-state index contributed by atoms with van der Waals surface area (Å²) in [5, 5.41) is 0. The molecule has 0 saturated heterocycles. The summed E-state index contributed by atoms with van der Waals surface area (Å²) in [6.45, 7) is 2.00. The Kier molecular flexibility index (Phi) is 5.32. The summed E-state index contributed by atoms with van der Waals surface area (Å²) in [4.78, 5) is 17.4. The van der Waals surface area contributed by atoms with E-state index in [-0.39, 0.29) is 12.4 Å². The molecule has 0 spiro atoms. The topological polar surface area (TPSA) is 66.0 Å². The second kappa shape index (κ2) is 7.67. The molecule has 6 nitrogen and oxygen atoms in total. The lowest BCUT2D eigenvalue weighted by molar-refractivity contribution is -0.0476. The van der Waals surface area contributed by atoms with Crippen LogP contribution in [0.25, 0.3) is 5.70 Å².